The Morgan fingerprint density at radius 1 is 1.17 bits per heavy atom. The Bertz CT molecular complexity index is 1100. The van der Waals surface area contributed by atoms with E-state index in [1.807, 2.05) is 41.9 Å². The lowest BCUT2D eigenvalue weighted by atomic mass is 9.81. The summed E-state index contributed by atoms with van der Waals surface area (Å²) >= 11 is 0. The van der Waals surface area contributed by atoms with Crippen LogP contribution >= 0.6 is 0 Å². The highest BCUT2D eigenvalue weighted by molar-refractivity contribution is 5.67. The highest BCUT2D eigenvalue weighted by atomic mass is 15.3. The smallest absolute Gasteiger partial charge is 0.163 e. The molecule has 0 bridgehead atoms. The summed E-state index contributed by atoms with van der Waals surface area (Å²) in [6.07, 6.45) is 7.98. The zero-order chi connectivity index (χ0) is 20.5. The van der Waals surface area contributed by atoms with Crippen LogP contribution in [-0.4, -0.2) is 33.7 Å². The fourth-order valence-electron chi connectivity index (χ4n) is 4.40. The van der Waals surface area contributed by atoms with E-state index in [1.165, 1.54) is 31.2 Å². The molecule has 1 atom stereocenters. The van der Waals surface area contributed by atoms with Gasteiger partial charge in [-0.3, -0.25) is 0 Å². The molecule has 2 fully saturated rings. The number of aryl methyl sites for hydroxylation is 1. The van der Waals surface area contributed by atoms with Gasteiger partial charge in [0.15, 0.2) is 5.65 Å². The lowest BCUT2D eigenvalue weighted by Crippen LogP contribution is -2.38. The summed E-state index contributed by atoms with van der Waals surface area (Å²) in [6.45, 7) is 4.04. The number of aromatic nitrogens is 3. The molecule has 7 heteroatoms. The van der Waals surface area contributed by atoms with Gasteiger partial charge < -0.3 is 16.0 Å². The van der Waals surface area contributed by atoms with E-state index in [1.54, 1.807) is 0 Å². The summed E-state index contributed by atoms with van der Waals surface area (Å²) in [5.74, 6) is 2.28. The summed E-state index contributed by atoms with van der Waals surface area (Å²) in [5.41, 5.74) is 4.72. The first-order valence-corrected chi connectivity index (χ1v) is 10.8. The normalized spacial score (nSPS) is 19.3. The molecule has 3 heterocycles. The molecular formula is C23H27N7. The quantitative estimate of drug-likeness (QED) is 0.597. The summed E-state index contributed by atoms with van der Waals surface area (Å²) in [7, 11) is 0. The molecule has 1 saturated heterocycles. The average Bonchev–Trinajstić information content (AvgIpc) is 3.11. The van der Waals surface area contributed by atoms with Crippen LogP contribution in [0.3, 0.4) is 0 Å². The van der Waals surface area contributed by atoms with Crippen molar-refractivity contribution >= 4 is 23.0 Å². The number of nitrogens with zero attached hydrogens (tertiary/aromatic N) is 4. The molecule has 2 aliphatic rings. The Hall–Kier alpha value is -3.11. The summed E-state index contributed by atoms with van der Waals surface area (Å²) in [4.78, 5) is 4.95. The van der Waals surface area contributed by atoms with E-state index < -0.39 is 0 Å². The second kappa shape index (κ2) is 7.96. The molecule has 7 nitrogen and oxygen atoms in total. The lowest BCUT2D eigenvalue weighted by molar-refractivity contribution is 0.421. The van der Waals surface area contributed by atoms with Crippen molar-refractivity contribution in [1.82, 2.24) is 19.9 Å². The molecule has 3 N–H and O–H groups in total. The lowest BCUT2D eigenvalue weighted by Gasteiger charge is -2.26. The van der Waals surface area contributed by atoms with Crippen molar-refractivity contribution in [3.8, 4) is 6.07 Å². The first kappa shape index (κ1) is 18.9. The van der Waals surface area contributed by atoms with Crippen LogP contribution in [0.25, 0.3) is 5.65 Å². The van der Waals surface area contributed by atoms with Gasteiger partial charge in [0.2, 0.25) is 0 Å². The summed E-state index contributed by atoms with van der Waals surface area (Å²) < 4.78 is 1.90. The van der Waals surface area contributed by atoms with E-state index in [0.717, 1.165) is 48.0 Å². The predicted molar refractivity (Wildman–Crippen MR) is 118 cm³/mol. The molecule has 1 aliphatic heterocycles. The van der Waals surface area contributed by atoms with Gasteiger partial charge in [0.05, 0.1) is 17.8 Å². The van der Waals surface area contributed by atoms with Gasteiger partial charge in [-0.1, -0.05) is 6.42 Å². The van der Waals surface area contributed by atoms with Crippen LogP contribution in [0.2, 0.25) is 0 Å². The van der Waals surface area contributed by atoms with Crippen molar-refractivity contribution in [2.24, 2.45) is 0 Å². The Kier molecular flexibility index (Phi) is 5.01. The highest BCUT2D eigenvalue weighted by Gasteiger charge is 2.25. The van der Waals surface area contributed by atoms with Crippen LogP contribution < -0.4 is 16.0 Å². The number of rotatable bonds is 5. The van der Waals surface area contributed by atoms with Crippen molar-refractivity contribution in [1.29, 1.82) is 5.26 Å². The molecule has 0 unspecified atom stereocenters. The van der Waals surface area contributed by atoms with Crippen LogP contribution in [0.5, 0.6) is 0 Å². The van der Waals surface area contributed by atoms with Crippen molar-refractivity contribution < 1.29 is 0 Å². The Balaban J connectivity index is 1.54. The number of nitrogens with one attached hydrogen (secondary N) is 3. The first-order valence-electron chi connectivity index (χ1n) is 10.8. The Morgan fingerprint density at radius 3 is 2.80 bits per heavy atom. The van der Waals surface area contributed by atoms with Crippen LogP contribution in [0.15, 0.2) is 30.5 Å². The predicted octanol–water partition coefficient (Wildman–Crippen LogP) is 4.08. The van der Waals surface area contributed by atoms with Crippen molar-refractivity contribution in [3.05, 3.63) is 47.2 Å². The van der Waals surface area contributed by atoms with E-state index in [2.05, 4.69) is 27.1 Å². The van der Waals surface area contributed by atoms with Crippen molar-refractivity contribution in [3.63, 3.8) is 0 Å². The van der Waals surface area contributed by atoms with Crippen molar-refractivity contribution in [2.45, 2.75) is 51.0 Å². The molecule has 1 aliphatic carbocycles. The second-order valence-corrected chi connectivity index (χ2v) is 8.50. The van der Waals surface area contributed by atoms with Crippen LogP contribution in [-0.2, 0) is 0 Å². The van der Waals surface area contributed by atoms with Gasteiger partial charge in [0, 0.05) is 29.9 Å². The van der Waals surface area contributed by atoms with E-state index in [9.17, 15) is 5.26 Å². The summed E-state index contributed by atoms with van der Waals surface area (Å²) in [6, 6.07) is 10.4. The number of hydrogen-bond acceptors (Lipinski definition) is 6. The van der Waals surface area contributed by atoms with E-state index >= 15 is 0 Å². The van der Waals surface area contributed by atoms with Gasteiger partial charge in [0.1, 0.15) is 11.6 Å². The maximum absolute atomic E-state index is 9.33. The highest BCUT2D eigenvalue weighted by Crippen LogP contribution is 2.38. The third-order valence-electron chi connectivity index (χ3n) is 6.17. The topological polar surface area (TPSA) is 90.1 Å². The number of hydrogen-bond donors (Lipinski definition) is 3. The van der Waals surface area contributed by atoms with Gasteiger partial charge in [-0.05, 0) is 68.8 Å². The molecule has 3 aromatic rings. The van der Waals surface area contributed by atoms with Crippen LogP contribution in [0.4, 0.5) is 17.3 Å². The monoisotopic (exact) mass is 401 g/mol. The maximum Gasteiger partial charge on any atom is 0.163 e. The zero-order valence-corrected chi connectivity index (χ0v) is 17.3. The first-order chi connectivity index (χ1) is 14.7. The van der Waals surface area contributed by atoms with E-state index in [0.29, 0.717) is 17.5 Å². The van der Waals surface area contributed by atoms with E-state index in [4.69, 9.17) is 4.98 Å². The minimum atomic E-state index is 0.376. The molecular weight excluding hydrogens is 374 g/mol. The molecule has 2 aromatic heterocycles. The number of anilines is 3. The molecule has 1 aromatic carbocycles. The van der Waals surface area contributed by atoms with Crippen LogP contribution in [0.1, 0.15) is 54.7 Å². The average molecular weight is 402 g/mol. The van der Waals surface area contributed by atoms with E-state index in [-0.39, 0.29) is 0 Å². The fraction of sp³-hybridized carbons (Fsp3) is 0.435. The fourth-order valence-corrected chi connectivity index (χ4v) is 4.40. The number of fused-ring (bicyclic) bond motifs is 1. The minimum absolute atomic E-state index is 0.376. The van der Waals surface area contributed by atoms with Gasteiger partial charge in [0.25, 0.3) is 0 Å². The van der Waals surface area contributed by atoms with Gasteiger partial charge in [-0.2, -0.15) is 14.9 Å². The maximum atomic E-state index is 9.33. The zero-order valence-electron chi connectivity index (χ0n) is 17.3. The molecule has 5 rings (SSSR count). The van der Waals surface area contributed by atoms with Crippen LogP contribution in [0, 0.1) is 18.3 Å². The largest absolute Gasteiger partial charge is 0.366 e. The molecule has 0 spiro atoms. The van der Waals surface area contributed by atoms with Gasteiger partial charge >= 0.3 is 0 Å². The number of benzene rings is 1. The SMILES string of the molecule is Cc1cc(C#N)cc(Nc2cc(N[C@H]3CCCNC3)nc3c(C4CCC4)cnn23)c1. The van der Waals surface area contributed by atoms with Gasteiger partial charge in [-0.15, -0.1) is 0 Å². The summed E-state index contributed by atoms with van der Waals surface area (Å²) in [5, 5.41) is 24.5. The second-order valence-electron chi connectivity index (χ2n) is 8.50. The molecule has 0 amide bonds. The minimum Gasteiger partial charge on any atom is -0.366 e. The number of piperidine rings is 1. The molecule has 154 valence electrons. The third-order valence-corrected chi connectivity index (χ3v) is 6.17. The Morgan fingerprint density at radius 2 is 2.07 bits per heavy atom. The van der Waals surface area contributed by atoms with Crippen molar-refractivity contribution in [2.75, 3.05) is 23.7 Å². The van der Waals surface area contributed by atoms with Gasteiger partial charge in [-0.25, -0.2) is 4.98 Å². The molecule has 1 saturated carbocycles. The number of nitriles is 1. The standard InChI is InChI=1S/C23H27N7/c1-15-8-16(12-24)10-19(9-15)28-22-11-21(27-18-6-3-7-25-13-18)29-23-20(14-26-30(22)23)17-4-2-5-17/h8-11,14,17-18,25,28H,2-7,13H2,1H3,(H,27,29)/t18-/m0/s1. The Labute approximate surface area is 176 Å². The molecule has 30 heavy (non-hydrogen) atoms. The third kappa shape index (κ3) is 3.71. The molecule has 0 radical (unpaired) electrons.